The number of anilines is 1. The number of hydrogen-bond acceptors (Lipinski definition) is 4. The van der Waals surface area contributed by atoms with Gasteiger partial charge >= 0.3 is 5.97 Å². The smallest absolute Gasteiger partial charge is 0.307 e. The Morgan fingerprint density at radius 3 is 2.54 bits per heavy atom. The minimum atomic E-state index is -0.921. The van der Waals surface area contributed by atoms with Gasteiger partial charge in [0.1, 0.15) is 11.6 Å². The number of pyridine rings is 1. The second kappa shape index (κ2) is 7.78. The molecule has 0 atom stereocenters. The van der Waals surface area contributed by atoms with Crippen LogP contribution in [0.5, 0.6) is 5.75 Å². The van der Waals surface area contributed by atoms with Crippen LogP contribution in [0.3, 0.4) is 0 Å². The first-order valence-electron chi connectivity index (χ1n) is 9.51. The Hall–Kier alpha value is -2.63. The summed E-state index contributed by atoms with van der Waals surface area (Å²) in [6.45, 7) is 7.89. The highest BCUT2D eigenvalue weighted by Crippen LogP contribution is 2.40. The summed E-state index contributed by atoms with van der Waals surface area (Å²) >= 11 is 0. The van der Waals surface area contributed by atoms with Crippen LogP contribution in [0.2, 0.25) is 0 Å². The van der Waals surface area contributed by atoms with E-state index in [1.807, 2.05) is 6.92 Å². The van der Waals surface area contributed by atoms with Crippen molar-refractivity contribution in [3.63, 3.8) is 0 Å². The molecule has 28 heavy (non-hydrogen) atoms. The molecule has 1 aromatic heterocycles. The third kappa shape index (κ3) is 4.11. The van der Waals surface area contributed by atoms with Crippen molar-refractivity contribution in [2.75, 3.05) is 25.1 Å². The SMILES string of the molecule is COc1ccc(-c2cnc(C)c(CC(=O)O)c2N2CCC(C)(C)CC2)c(F)c1. The number of aliphatic carboxylic acids is 1. The molecule has 0 saturated carbocycles. The molecule has 0 unspecified atom stereocenters. The lowest BCUT2D eigenvalue weighted by Crippen LogP contribution is -2.38. The first-order chi connectivity index (χ1) is 13.2. The Bertz CT molecular complexity index is 886. The highest BCUT2D eigenvalue weighted by atomic mass is 19.1. The maximum atomic E-state index is 14.8. The number of ether oxygens (including phenoxy) is 1. The molecular formula is C22H27FN2O3. The molecule has 1 aromatic carbocycles. The van der Waals surface area contributed by atoms with Crippen molar-refractivity contribution in [3.8, 4) is 16.9 Å². The second-order valence-corrected chi connectivity index (χ2v) is 8.15. The van der Waals surface area contributed by atoms with E-state index in [4.69, 9.17) is 4.74 Å². The predicted octanol–water partition coefficient (Wildman–Crippen LogP) is 4.46. The topological polar surface area (TPSA) is 62.7 Å². The van der Waals surface area contributed by atoms with E-state index < -0.39 is 11.8 Å². The molecule has 3 rings (SSSR count). The molecule has 150 valence electrons. The van der Waals surface area contributed by atoms with Crippen LogP contribution in [0.4, 0.5) is 10.1 Å². The van der Waals surface area contributed by atoms with Crippen LogP contribution in [0.1, 0.15) is 37.9 Å². The molecule has 0 radical (unpaired) electrons. The highest BCUT2D eigenvalue weighted by molar-refractivity contribution is 5.85. The van der Waals surface area contributed by atoms with E-state index in [1.165, 1.54) is 13.2 Å². The van der Waals surface area contributed by atoms with Crippen LogP contribution in [0.25, 0.3) is 11.1 Å². The van der Waals surface area contributed by atoms with Crippen molar-refractivity contribution < 1.29 is 19.0 Å². The Labute approximate surface area is 165 Å². The largest absolute Gasteiger partial charge is 0.497 e. The molecule has 1 saturated heterocycles. The summed E-state index contributed by atoms with van der Waals surface area (Å²) in [6.07, 6.45) is 3.50. The number of benzene rings is 1. The lowest BCUT2D eigenvalue weighted by molar-refractivity contribution is -0.136. The number of aromatic nitrogens is 1. The van der Waals surface area contributed by atoms with E-state index >= 15 is 0 Å². The van der Waals surface area contributed by atoms with Gasteiger partial charge in [-0.1, -0.05) is 13.8 Å². The van der Waals surface area contributed by atoms with E-state index in [9.17, 15) is 14.3 Å². The second-order valence-electron chi connectivity index (χ2n) is 8.15. The quantitative estimate of drug-likeness (QED) is 0.822. The molecule has 2 heterocycles. The Kier molecular flexibility index (Phi) is 5.59. The normalized spacial score (nSPS) is 16.1. The van der Waals surface area contributed by atoms with Crippen molar-refractivity contribution in [2.45, 2.75) is 40.0 Å². The molecule has 1 fully saturated rings. The zero-order valence-electron chi connectivity index (χ0n) is 16.9. The van der Waals surface area contributed by atoms with Crippen LogP contribution in [-0.2, 0) is 11.2 Å². The summed E-state index contributed by atoms with van der Waals surface area (Å²) in [5, 5.41) is 9.44. The molecule has 0 spiro atoms. The van der Waals surface area contributed by atoms with Crippen molar-refractivity contribution in [1.82, 2.24) is 4.98 Å². The zero-order valence-corrected chi connectivity index (χ0v) is 16.9. The Morgan fingerprint density at radius 1 is 1.29 bits per heavy atom. The van der Waals surface area contributed by atoms with Gasteiger partial charge in [0, 0.05) is 47.7 Å². The number of nitrogens with zero attached hydrogens (tertiary/aromatic N) is 2. The lowest BCUT2D eigenvalue weighted by atomic mass is 9.82. The molecule has 1 N–H and O–H groups in total. The van der Waals surface area contributed by atoms with Gasteiger partial charge in [-0.3, -0.25) is 9.78 Å². The van der Waals surface area contributed by atoms with E-state index in [1.54, 1.807) is 18.3 Å². The van der Waals surface area contributed by atoms with Crippen LogP contribution in [0.15, 0.2) is 24.4 Å². The number of halogens is 1. The fraction of sp³-hybridized carbons (Fsp3) is 0.455. The van der Waals surface area contributed by atoms with Crippen LogP contribution >= 0.6 is 0 Å². The number of rotatable bonds is 5. The molecule has 0 amide bonds. The number of carboxylic acid groups (broad SMARTS) is 1. The first-order valence-corrected chi connectivity index (χ1v) is 9.51. The van der Waals surface area contributed by atoms with Gasteiger partial charge in [0.15, 0.2) is 0 Å². The van der Waals surface area contributed by atoms with Gasteiger partial charge in [-0.25, -0.2) is 4.39 Å². The van der Waals surface area contributed by atoms with E-state index in [2.05, 4.69) is 23.7 Å². The molecule has 0 bridgehead atoms. The molecule has 5 nitrogen and oxygen atoms in total. The summed E-state index contributed by atoms with van der Waals surface area (Å²) in [5.41, 5.74) is 3.38. The van der Waals surface area contributed by atoms with Crippen LogP contribution < -0.4 is 9.64 Å². The molecule has 0 aliphatic carbocycles. The minimum Gasteiger partial charge on any atom is -0.497 e. The summed E-state index contributed by atoms with van der Waals surface area (Å²) < 4.78 is 20.0. The Balaban J connectivity index is 2.16. The average molecular weight is 386 g/mol. The van der Waals surface area contributed by atoms with Gasteiger partial charge in [-0.2, -0.15) is 0 Å². The van der Waals surface area contributed by atoms with Gasteiger partial charge in [-0.05, 0) is 37.3 Å². The third-order valence-electron chi connectivity index (χ3n) is 5.59. The number of piperidine rings is 1. The molecular weight excluding hydrogens is 359 g/mol. The van der Waals surface area contributed by atoms with Crippen molar-refractivity contribution in [2.24, 2.45) is 5.41 Å². The minimum absolute atomic E-state index is 0.139. The van der Waals surface area contributed by atoms with Gasteiger partial charge in [0.2, 0.25) is 0 Å². The van der Waals surface area contributed by atoms with E-state index in [-0.39, 0.29) is 11.8 Å². The van der Waals surface area contributed by atoms with Crippen molar-refractivity contribution >= 4 is 11.7 Å². The number of methoxy groups -OCH3 is 1. The first kappa shape index (κ1) is 20.1. The fourth-order valence-corrected chi connectivity index (χ4v) is 3.73. The van der Waals surface area contributed by atoms with Crippen LogP contribution in [-0.4, -0.2) is 36.3 Å². The van der Waals surface area contributed by atoms with Crippen LogP contribution in [0, 0.1) is 18.2 Å². The maximum absolute atomic E-state index is 14.8. The number of carbonyl (C=O) groups is 1. The van der Waals surface area contributed by atoms with Gasteiger partial charge in [0.05, 0.1) is 19.2 Å². The number of hydrogen-bond donors (Lipinski definition) is 1. The molecule has 2 aromatic rings. The third-order valence-corrected chi connectivity index (χ3v) is 5.59. The summed E-state index contributed by atoms with van der Waals surface area (Å²) in [6, 6.07) is 4.72. The Morgan fingerprint density at radius 2 is 1.96 bits per heavy atom. The van der Waals surface area contributed by atoms with Gasteiger partial charge in [0.25, 0.3) is 0 Å². The number of aryl methyl sites for hydroxylation is 1. The summed E-state index contributed by atoms with van der Waals surface area (Å²) in [5.74, 6) is -0.894. The molecule has 1 aliphatic rings. The lowest BCUT2D eigenvalue weighted by Gasteiger charge is -2.40. The van der Waals surface area contributed by atoms with Gasteiger partial charge in [-0.15, -0.1) is 0 Å². The summed E-state index contributed by atoms with van der Waals surface area (Å²) in [4.78, 5) is 18.1. The highest BCUT2D eigenvalue weighted by Gasteiger charge is 2.29. The van der Waals surface area contributed by atoms with Gasteiger partial charge < -0.3 is 14.7 Å². The summed E-state index contributed by atoms with van der Waals surface area (Å²) in [7, 11) is 1.49. The maximum Gasteiger partial charge on any atom is 0.307 e. The van der Waals surface area contributed by atoms with Crippen molar-refractivity contribution in [1.29, 1.82) is 0 Å². The van der Waals surface area contributed by atoms with Crippen molar-refractivity contribution in [3.05, 3.63) is 41.5 Å². The average Bonchev–Trinajstić information content (AvgIpc) is 2.63. The molecule has 6 heteroatoms. The predicted molar refractivity (Wildman–Crippen MR) is 107 cm³/mol. The number of carboxylic acids is 1. The fourth-order valence-electron chi connectivity index (χ4n) is 3.73. The molecule has 1 aliphatic heterocycles. The zero-order chi connectivity index (χ0) is 20.5. The van der Waals surface area contributed by atoms with E-state index in [0.717, 1.165) is 31.6 Å². The standard InChI is InChI=1S/C22H27FN2O3/c1-14-17(12-20(26)27)21(25-9-7-22(2,3)8-10-25)18(13-24-14)16-6-5-15(28-4)11-19(16)23/h5-6,11,13H,7-10,12H2,1-4H3,(H,26,27). The monoisotopic (exact) mass is 386 g/mol. The van der Waals surface area contributed by atoms with E-state index in [0.29, 0.717) is 28.1 Å².